The Morgan fingerprint density at radius 2 is 1.86 bits per heavy atom. The monoisotopic (exact) mass is 418 g/mol. The molecule has 5 nitrogen and oxygen atoms in total. The predicted molar refractivity (Wildman–Crippen MR) is 103 cm³/mol. The van der Waals surface area contributed by atoms with Crippen molar-refractivity contribution < 1.29 is 18.0 Å². The minimum absolute atomic E-state index is 0.00938. The van der Waals surface area contributed by atoms with Crippen LogP contribution in [0.25, 0.3) is 0 Å². The fourth-order valence-corrected chi connectivity index (χ4v) is 4.09. The van der Waals surface area contributed by atoms with E-state index in [0.717, 1.165) is 38.2 Å². The van der Waals surface area contributed by atoms with Crippen LogP contribution in [0.15, 0.2) is 12.3 Å². The van der Waals surface area contributed by atoms with Gasteiger partial charge in [0.2, 0.25) is 5.91 Å². The molecule has 0 aromatic carbocycles. The third-order valence-electron chi connectivity index (χ3n) is 5.45. The van der Waals surface area contributed by atoms with Crippen LogP contribution in [-0.2, 0) is 11.0 Å². The van der Waals surface area contributed by atoms with Gasteiger partial charge in [-0.15, -0.1) is 0 Å². The molecule has 1 N–H and O–H groups in total. The largest absolute Gasteiger partial charge is 0.417 e. The molecule has 0 unspecified atom stereocenters. The van der Waals surface area contributed by atoms with E-state index in [1.54, 1.807) is 0 Å². The topological polar surface area (TPSA) is 48.5 Å². The lowest BCUT2D eigenvalue weighted by atomic mass is 9.95. The van der Waals surface area contributed by atoms with E-state index in [4.69, 9.17) is 11.6 Å². The molecule has 1 aliphatic heterocycles. The number of nitrogens with zero attached hydrogens (tertiary/aromatic N) is 3. The van der Waals surface area contributed by atoms with Gasteiger partial charge in [0.05, 0.1) is 10.6 Å². The Labute approximate surface area is 168 Å². The highest BCUT2D eigenvalue weighted by molar-refractivity contribution is 6.33. The molecule has 0 spiro atoms. The first-order chi connectivity index (χ1) is 13.3. The summed E-state index contributed by atoms with van der Waals surface area (Å²) in [5, 5.41) is 3.13. The second-order valence-electron chi connectivity index (χ2n) is 7.51. The molecule has 1 saturated heterocycles. The molecule has 1 saturated carbocycles. The minimum Gasteiger partial charge on any atom is -0.353 e. The number of aromatic nitrogens is 1. The summed E-state index contributed by atoms with van der Waals surface area (Å²) in [6, 6.07) is 1.25. The van der Waals surface area contributed by atoms with Crippen molar-refractivity contribution in [1.29, 1.82) is 0 Å². The number of hydrogen-bond donors (Lipinski definition) is 1. The molecular formula is C19H26ClF3N4O. The van der Waals surface area contributed by atoms with Crippen LogP contribution in [-0.4, -0.2) is 54.6 Å². The molecule has 1 aromatic heterocycles. The third kappa shape index (κ3) is 5.73. The summed E-state index contributed by atoms with van der Waals surface area (Å²) in [5.41, 5.74) is -0.844. The van der Waals surface area contributed by atoms with E-state index in [1.165, 1.54) is 19.3 Å². The lowest BCUT2D eigenvalue weighted by molar-refractivity contribution is -0.137. The fourth-order valence-electron chi connectivity index (χ4n) is 3.81. The second-order valence-corrected chi connectivity index (χ2v) is 7.92. The van der Waals surface area contributed by atoms with E-state index in [9.17, 15) is 18.0 Å². The maximum atomic E-state index is 12.7. The van der Waals surface area contributed by atoms with E-state index >= 15 is 0 Å². The van der Waals surface area contributed by atoms with Crippen molar-refractivity contribution >= 4 is 23.3 Å². The van der Waals surface area contributed by atoms with Crippen molar-refractivity contribution in [2.24, 2.45) is 0 Å². The Kier molecular flexibility index (Phi) is 7.04. The van der Waals surface area contributed by atoms with Crippen molar-refractivity contribution in [3.8, 4) is 0 Å². The van der Waals surface area contributed by atoms with Gasteiger partial charge in [-0.1, -0.05) is 30.9 Å². The van der Waals surface area contributed by atoms with Crippen molar-refractivity contribution in [2.45, 2.75) is 50.7 Å². The van der Waals surface area contributed by atoms with Gasteiger partial charge in [-0.05, 0) is 18.9 Å². The number of carbonyl (C=O) groups excluding carboxylic acids is 1. The van der Waals surface area contributed by atoms with Crippen LogP contribution in [0.1, 0.15) is 44.1 Å². The molecule has 2 heterocycles. The van der Waals surface area contributed by atoms with Crippen LogP contribution in [0, 0.1) is 0 Å². The smallest absolute Gasteiger partial charge is 0.353 e. The molecule has 1 amide bonds. The van der Waals surface area contributed by atoms with Crippen LogP contribution in [0.2, 0.25) is 5.02 Å². The molecule has 1 aromatic rings. The van der Waals surface area contributed by atoms with Gasteiger partial charge < -0.3 is 10.2 Å². The van der Waals surface area contributed by atoms with Gasteiger partial charge in [-0.25, -0.2) is 4.98 Å². The number of anilines is 1. The zero-order valence-electron chi connectivity index (χ0n) is 15.8. The molecule has 2 fully saturated rings. The first-order valence-electron chi connectivity index (χ1n) is 9.82. The minimum atomic E-state index is -4.45. The number of amides is 1. The van der Waals surface area contributed by atoms with Crippen LogP contribution < -0.4 is 10.2 Å². The van der Waals surface area contributed by atoms with Gasteiger partial charge in [0.25, 0.3) is 0 Å². The van der Waals surface area contributed by atoms with E-state index in [2.05, 4.69) is 15.2 Å². The summed E-state index contributed by atoms with van der Waals surface area (Å²) in [6.45, 7) is 3.34. The Morgan fingerprint density at radius 3 is 2.46 bits per heavy atom. The first-order valence-corrected chi connectivity index (χ1v) is 10.2. The van der Waals surface area contributed by atoms with Gasteiger partial charge >= 0.3 is 6.18 Å². The summed E-state index contributed by atoms with van der Waals surface area (Å²) >= 11 is 6.03. The normalized spacial score (nSPS) is 19.6. The van der Waals surface area contributed by atoms with E-state index in [0.29, 0.717) is 37.9 Å². The zero-order valence-corrected chi connectivity index (χ0v) is 16.5. The standard InChI is InChI=1S/C19H26ClF3N4O/c20-16-12-14(19(21,22)23)13-24-18(16)27-10-8-26(9-11-27)7-6-17(28)25-15-4-2-1-3-5-15/h12-13,15H,1-11H2,(H,25,28). The molecule has 156 valence electrons. The fraction of sp³-hybridized carbons (Fsp3) is 0.684. The van der Waals surface area contributed by atoms with Crippen molar-refractivity contribution in [3.63, 3.8) is 0 Å². The van der Waals surface area contributed by atoms with Crippen molar-refractivity contribution in [3.05, 3.63) is 22.8 Å². The predicted octanol–water partition coefficient (Wildman–Crippen LogP) is 3.71. The number of alkyl halides is 3. The number of pyridine rings is 1. The summed E-state index contributed by atoms with van der Waals surface area (Å²) < 4.78 is 38.2. The number of hydrogen-bond acceptors (Lipinski definition) is 4. The lowest BCUT2D eigenvalue weighted by Gasteiger charge is -2.35. The average molecular weight is 419 g/mol. The number of carbonyl (C=O) groups is 1. The van der Waals surface area contributed by atoms with Crippen LogP contribution in [0.4, 0.5) is 19.0 Å². The molecule has 9 heteroatoms. The summed E-state index contributed by atoms with van der Waals surface area (Å²) in [6.07, 6.45) is 2.62. The molecule has 0 bridgehead atoms. The molecule has 0 radical (unpaired) electrons. The van der Waals surface area contributed by atoms with Gasteiger partial charge in [-0.2, -0.15) is 13.2 Å². The Hall–Kier alpha value is -1.54. The van der Waals surface area contributed by atoms with Gasteiger partial charge in [-0.3, -0.25) is 9.69 Å². The molecule has 3 rings (SSSR count). The average Bonchev–Trinajstić information content (AvgIpc) is 2.67. The van der Waals surface area contributed by atoms with Crippen molar-refractivity contribution in [2.75, 3.05) is 37.6 Å². The summed E-state index contributed by atoms with van der Waals surface area (Å²) in [4.78, 5) is 20.1. The zero-order chi connectivity index (χ0) is 20.1. The first kappa shape index (κ1) is 21.2. The van der Waals surface area contributed by atoms with Crippen LogP contribution >= 0.6 is 11.6 Å². The van der Waals surface area contributed by atoms with Crippen molar-refractivity contribution in [1.82, 2.24) is 15.2 Å². The number of rotatable bonds is 5. The second kappa shape index (κ2) is 9.31. The highest BCUT2D eigenvalue weighted by Gasteiger charge is 2.32. The number of nitrogens with one attached hydrogen (secondary N) is 1. The van der Waals surface area contributed by atoms with E-state index in [1.807, 2.05) is 4.90 Å². The van der Waals surface area contributed by atoms with Crippen LogP contribution in [0.3, 0.4) is 0 Å². The highest BCUT2D eigenvalue weighted by Crippen LogP contribution is 2.33. The van der Waals surface area contributed by atoms with Gasteiger partial charge in [0.1, 0.15) is 5.82 Å². The van der Waals surface area contributed by atoms with Gasteiger partial charge in [0, 0.05) is 51.4 Å². The highest BCUT2D eigenvalue weighted by atomic mass is 35.5. The lowest BCUT2D eigenvalue weighted by Crippen LogP contribution is -2.48. The molecule has 2 aliphatic rings. The number of halogens is 4. The summed E-state index contributed by atoms with van der Waals surface area (Å²) in [5.74, 6) is 0.478. The Morgan fingerprint density at radius 1 is 1.18 bits per heavy atom. The Bertz CT molecular complexity index is 672. The molecule has 28 heavy (non-hydrogen) atoms. The van der Waals surface area contributed by atoms with E-state index in [-0.39, 0.29) is 10.9 Å². The molecule has 1 aliphatic carbocycles. The summed E-state index contributed by atoms with van der Waals surface area (Å²) in [7, 11) is 0. The SMILES string of the molecule is O=C(CCN1CCN(c2ncc(C(F)(F)F)cc2Cl)CC1)NC1CCCCC1. The molecular weight excluding hydrogens is 393 g/mol. The van der Waals surface area contributed by atoms with E-state index < -0.39 is 11.7 Å². The molecule has 0 atom stereocenters. The Balaban J connectivity index is 1.43. The third-order valence-corrected chi connectivity index (χ3v) is 5.72. The maximum absolute atomic E-state index is 12.7. The van der Waals surface area contributed by atoms with Gasteiger partial charge in [0.15, 0.2) is 0 Å². The van der Waals surface area contributed by atoms with Crippen LogP contribution in [0.5, 0.6) is 0 Å². The maximum Gasteiger partial charge on any atom is 0.417 e. The number of piperazine rings is 1. The quantitative estimate of drug-likeness (QED) is 0.791.